The van der Waals surface area contributed by atoms with Crippen LogP contribution in [0.25, 0.3) is 0 Å². The van der Waals surface area contributed by atoms with Crippen LogP contribution < -0.4 is 9.80 Å². The molecule has 0 radical (unpaired) electrons. The van der Waals surface area contributed by atoms with Gasteiger partial charge in [0.15, 0.2) is 0 Å². The van der Waals surface area contributed by atoms with Gasteiger partial charge in [0.05, 0.1) is 11.9 Å². The molecule has 39 heavy (non-hydrogen) atoms. The highest BCUT2D eigenvalue weighted by Gasteiger charge is 2.31. The van der Waals surface area contributed by atoms with Gasteiger partial charge in [-0.3, -0.25) is 9.78 Å². The summed E-state index contributed by atoms with van der Waals surface area (Å²) in [7, 11) is 1.87. The summed E-state index contributed by atoms with van der Waals surface area (Å²) in [6.45, 7) is 6.86. The number of aromatic nitrogens is 1. The van der Waals surface area contributed by atoms with E-state index in [1.54, 1.807) is 4.90 Å². The van der Waals surface area contributed by atoms with Crippen LogP contribution in [0, 0.1) is 12.8 Å². The second kappa shape index (κ2) is 10.7. The van der Waals surface area contributed by atoms with Crippen molar-refractivity contribution in [2.45, 2.75) is 45.4 Å². The molecular formula is C35H37N3O. The standard InChI is InChI=1S/C35H37N3O/c1-24-15-17-38(18-16-24)29-14-13-27(25(2)19-29)21-28-22-33-32(20-26-9-5-4-6-10-26)30-11-7-8-12-31(30)35(39)37(3)34(33)23-36-28/h4-14,19,22-24,32H,15-18,20-21H2,1-3H3. The largest absolute Gasteiger partial charge is 0.372 e. The first-order valence-corrected chi connectivity index (χ1v) is 14.2. The Balaban J connectivity index is 1.35. The zero-order chi connectivity index (χ0) is 26.9. The Morgan fingerprint density at radius 2 is 1.64 bits per heavy atom. The lowest BCUT2D eigenvalue weighted by molar-refractivity contribution is 0.0993. The molecule has 198 valence electrons. The Labute approximate surface area is 232 Å². The third kappa shape index (κ3) is 5.08. The normalized spacial score (nSPS) is 17.5. The minimum atomic E-state index is 0.0236. The average Bonchev–Trinajstić information content (AvgIpc) is 3.04. The zero-order valence-electron chi connectivity index (χ0n) is 23.2. The minimum Gasteiger partial charge on any atom is -0.372 e. The number of carbonyl (C=O) groups is 1. The van der Waals surface area contributed by atoms with Gasteiger partial charge in [-0.25, -0.2) is 0 Å². The van der Waals surface area contributed by atoms with E-state index >= 15 is 0 Å². The second-order valence-electron chi connectivity index (χ2n) is 11.4. The van der Waals surface area contributed by atoms with Gasteiger partial charge in [-0.2, -0.15) is 0 Å². The van der Waals surface area contributed by atoms with Crippen molar-refractivity contribution >= 4 is 17.3 Å². The number of amides is 1. The van der Waals surface area contributed by atoms with E-state index in [1.807, 2.05) is 31.4 Å². The van der Waals surface area contributed by atoms with Crippen LogP contribution in [0.3, 0.4) is 0 Å². The van der Waals surface area contributed by atoms with Crippen LogP contribution in [-0.4, -0.2) is 31.0 Å². The van der Waals surface area contributed by atoms with Crippen LogP contribution in [0.1, 0.15) is 69.6 Å². The molecule has 4 nitrogen and oxygen atoms in total. The lowest BCUT2D eigenvalue weighted by Gasteiger charge is -2.32. The number of hydrogen-bond acceptors (Lipinski definition) is 3. The number of nitrogens with zero attached hydrogens (tertiary/aromatic N) is 3. The van der Waals surface area contributed by atoms with E-state index in [1.165, 1.54) is 40.8 Å². The summed E-state index contributed by atoms with van der Waals surface area (Å²) in [5, 5.41) is 0. The molecule has 1 fully saturated rings. The summed E-state index contributed by atoms with van der Waals surface area (Å²) >= 11 is 0. The van der Waals surface area contributed by atoms with Crippen molar-refractivity contribution in [1.82, 2.24) is 4.98 Å². The molecule has 0 saturated carbocycles. The topological polar surface area (TPSA) is 36.4 Å². The molecule has 3 aromatic carbocycles. The molecule has 0 spiro atoms. The first kappa shape index (κ1) is 25.4. The number of aryl methyl sites for hydroxylation is 1. The monoisotopic (exact) mass is 515 g/mol. The number of pyridine rings is 1. The van der Waals surface area contributed by atoms with Crippen molar-refractivity contribution in [2.75, 3.05) is 29.9 Å². The van der Waals surface area contributed by atoms with Gasteiger partial charge in [-0.1, -0.05) is 61.5 Å². The fourth-order valence-corrected chi connectivity index (χ4v) is 6.23. The lowest BCUT2D eigenvalue weighted by Crippen LogP contribution is -2.32. The van der Waals surface area contributed by atoms with E-state index in [2.05, 4.69) is 79.4 Å². The van der Waals surface area contributed by atoms with E-state index in [-0.39, 0.29) is 11.8 Å². The Kier molecular flexibility index (Phi) is 6.95. The molecule has 2 aliphatic heterocycles. The van der Waals surface area contributed by atoms with E-state index in [0.717, 1.165) is 54.4 Å². The number of anilines is 2. The Hall–Kier alpha value is -3.92. The molecule has 2 aliphatic rings. The first-order valence-electron chi connectivity index (χ1n) is 14.2. The van der Waals surface area contributed by atoms with Crippen LogP contribution in [-0.2, 0) is 12.8 Å². The molecule has 1 aromatic heterocycles. The van der Waals surface area contributed by atoms with Gasteiger partial charge < -0.3 is 9.80 Å². The van der Waals surface area contributed by atoms with Crippen LogP contribution in [0.5, 0.6) is 0 Å². The highest BCUT2D eigenvalue weighted by atomic mass is 16.2. The van der Waals surface area contributed by atoms with Crippen molar-refractivity contribution in [1.29, 1.82) is 0 Å². The van der Waals surface area contributed by atoms with E-state index in [9.17, 15) is 4.79 Å². The van der Waals surface area contributed by atoms with Crippen LogP contribution in [0.2, 0.25) is 0 Å². The van der Waals surface area contributed by atoms with Crippen LogP contribution in [0.15, 0.2) is 85.1 Å². The number of benzene rings is 3. The molecule has 1 amide bonds. The van der Waals surface area contributed by atoms with Gasteiger partial charge in [0, 0.05) is 49.4 Å². The maximum atomic E-state index is 13.5. The molecule has 0 aliphatic carbocycles. The third-order valence-corrected chi connectivity index (χ3v) is 8.71. The number of carbonyl (C=O) groups excluding carboxylic acids is 1. The lowest BCUT2D eigenvalue weighted by atomic mass is 9.83. The highest BCUT2D eigenvalue weighted by Crippen LogP contribution is 2.40. The molecule has 1 atom stereocenters. The molecule has 0 bridgehead atoms. The molecular weight excluding hydrogens is 478 g/mol. The fraction of sp³-hybridized carbons (Fsp3) is 0.314. The Morgan fingerprint density at radius 3 is 2.41 bits per heavy atom. The Morgan fingerprint density at radius 1 is 0.897 bits per heavy atom. The number of rotatable bonds is 5. The molecule has 4 aromatic rings. The molecule has 1 saturated heterocycles. The van der Waals surface area contributed by atoms with Crippen molar-refractivity contribution in [3.05, 3.63) is 124 Å². The molecule has 1 unspecified atom stereocenters. The van der Waals surface area contributed by atoms with E-state index < -0.39 is 0 Å². The predicted molar refractivity (Wildman–Crippen MR) is 160 cm³/mol. The molecule has 3 heterocycles. The maximum Gasteiger partial charge on any atom is 0.258 e. The summed E-state index contributed by atoms with van der Waals surface area (Å²) in [6.07, 6.45) is 6.05. The van der Waals surface area contributed by atoms with Crippen molar-refractivity contribution in [3.8, 4) is 0 Å². The number of piperidine rings is 1. The second-order valence-corrected chi connectivity index (χ2v) is 11.4. The summed E-state index contributed by atoms with van der Waals surface area (Å²) < 4.78 is 0. The van der Waals surface area contributed by atoms with Gasteiger partial charge in [-0.15, -0.1) is 0 Å². The molecule has 4 heteroatoms. The van der Waals surface area contributed by atoms with Crippen LogP contribution in [0.4, 0.5) is 11.4 Å². The van der Waals surface area contributed by atoms with Crippen molar-refractivity contribution in [3.63, 3.8) is 0 Å². The smallest absolute Gasteiger partial charge is 0.258 e. The number of hydrogen-bond donors (Lipinski definition) is 0. The highest BCUT2D eigenvalue weighted by molar-refractivity contribution is 6.08. The molecule has 0 N–H and O–H groups in total. The third-order valence-electron chi connectivity index (χ3n) is 8.71. The van der Waals surface area contributed by atoms with Gasteiger partial charge in [0.2, 0.25) is 0 Å². The van der Waals surface area contributed by atoms with E-state index in [0.29, 0.717) is 0 Å². The number of fused-ring (bicyclic) bond motifs is 2. The van der Waals surface area contributed by atoms with Crippen molar-refractivity contribution < 1.29 is 4.79 Å². The van der Waals surface area contributed by atoms with Gasteiger partial charge in [0.1, 0.15) is 0 Å². The SMILES string of the molecule is Cc1cc(N2CCC(C)CC2)ccc1Cc1cc2c(cn1)N(C)C(=O)c1ccccc1C2Cc1ccccc1. The summed E-state index contributed by atoms with van der Waals surface area (Å²) in [5.41, 5.74) is 10.2. The van der Waals surface area contributed by atoms with Gasteiger partial charge in [0.25, 0.3) is 5.91 Å². The van der Waals surface area contributed by atoms with Gasteiger partial charge >= 0.3 is 0 Å². The summed E-state index contributed by atoms with van der Waals surface area (Å²) in [6, 6.07) is 27.8. The maximum absolute atomic E-state index is 13.5. The summed E-state index contributed by atoms with van der Waals surface area (Å²) in [4.78, 5) is 22.7. The van der Waals surface area contributed by atoms with Crippen molar-refractivity contribution in [2.24, 2.45) is 5.92 Å². The van der Waals surface area contributed by atoms with Gasteiger partial charge in [-0.05, 0) is 84.2 Å². The minimum absolute atomic E-state index is 0.0236. The quantitative estimate of drug-likeness (QED) is 0.282. The average molecular weight is 516 g/mol. The van der Waals surface area contributed by atoms with E-state index in [4.69, 9.17) is 4.98 Å². The molecule has 6 rings (SSSR count). The predicted octanol–water partition coefficient (Wildman–Crippen LogP) is 7.18. The zero-order valence-corrected chi connectivity index (χ0v) is 23.2. The first-order chi connectivity index (χ1) is 19.0. The Bertz CT molecular complexity index is 1490. The summed E-state index contributed by atoms with van der Waals surface area (Å²) in [5.74, 6) is 0.919. The fourth-order valence-electron chi connectivity index (χ4n) is 6.23. The van der Waals surface area contributed by atoms with Crippen LogP contribution >= 0.6 is 0 Å².